The van der Waals surface area contributed by atoms with Crippen molar-refractivity contribution in [2.24, 2.45) is 0 Å². The number of rotatable bonds is 10. The monoisotopic (exact) mass is 511 g/mol. The second-order valence-electron chi connectivity index (χ2n) is 9.54. The van der Waals surface area contributed by atoms with E-state index in [0.29, 0.717) is 17.9 Å². The summed E-state index contributed by atoms with van der Waals surface area (Å²) in [6.45, 7) is 7.18. The number of amides is 1. The zero-order valence-corrected chi connectivity index (χ0v) is 21.6. The number of aromatic nitrogens is 3. The Morgan fingerprint density at radius 2 is 1.97 bits per heavy atom. The Bertz CT molecular complexity index is 1300. The minimum absolute atomic E-state index is 0.00582. The molecule has 198 valence electrons. The van der Waals surface area contributed by atoms with Gasteiger partial charge in [-0.25, -0.2) is 14.4 Å². The first kappa shape index (κ1) is 26.5. The highest BCUT2D eigenvalue weighted by atomic mass is 19.1. The van der Waals surface area contributed by atoms with Crippen molar-refractivity contribution in [3.63, 3.8) is 0 Å². The average molecular weight is 512 g/mol. The molecule has 1 N–H and O–H groups in total. The standard InChI is InChI=1S/C27H34FN5O4/c1-18(2)30-24(34)17-33-26(19-8-9-22(28)23(14-19)36-3)31-25-21(27(33)35)15-20(16-29-25)37-13-7-12-32-10-5-4-6-11-32/h8-9,14-16,18H,4-7,10-13,17H2,1-3H3,(H,30,34). The summed E-state index contributed by atoms with van der Waals surface area (Å²) in [6.07, 6.45) is 6.21. The first-order valence-electron chi connectivity index (χ1n) is 12.7. The van der Waals surface area contributed by atoms with E-state index in [9.17, 15) is 14.0 Å². The molecule has 37 heavy (non-hydrogen) atoms. The van der Waals surface area contributed by atoms with Crippen molar-refractivity contribution in [1.82, 2.24) is 24.8 Å². The Labute approximate surface area is 215 Å². The number of hydrogen-bond acceptors (Lipinski definition) is 7. The van der Waals surface area contributed by atoms with Crippen molar-refractivity contribution < 1.29 is 18.7 Å². The Hall–Kier alpha value is -3.53. The predicted octanol–water partition coefficient (Wildman–Crippen LogP) is 3.39. The van der Waals surface area contributed by atoms with Crippen molar-refractivity contribution in [2.45, 2.75) is 52.1 Å². The van der Waals surface area contributed by atoms with Gasteiger partial charge in [0.25, 0.3) is 5.56 Å². The Kier molecular flexibility index (Phi) is 8.70. The van der Waals surface area contributed by atoms with Crippen molar-refractivity contribution in [1.29, 1.82) is 0 Å². The van der Waals surface area contributed by atoms with Crippen molar-refractivity contribution in [2.75, 3.05) is 33.4 Å². The largest absolute Gasteiger partial charge is 0.494 e. The van der Waals surface area contributed by atoms with Crippen LogP contribution in [0.2, 0.25) is 0 Å². The van der Waals surface area contributed by atoms with Crippen molar-refractivity contribution in [3.8, 4) is 22.9 Å². The number of methoxy groups -OCH3 is 1. The first-order chi connectivity index (χ1) is 17.9. The molecule has 0 aliphatic carbocycles. The second-order valence-corrected chi connectivity index (χ2v) is 9.54. The number of likely N-dealkylation sites (tertiary alicyclic amines) is 1. The summed E-state index contributed by atoms with van der Waals surface area (Å²) in [6, 6.07) is 5.68. The van der Waals surface area contributed by atoms with Gasteiger partial charge in [-0.15, -0.1) is 0 Å². The number of pyridine rings is 1. The number of ether oxygens (including phenoxy) is 2. The third-order valence-electron chi connectivity index (χ3n) is 6.28. The van der Waals surface area contributed by atoms with Gasteiger partial charge in [0.2, 0.25) is 5.91 Å². The fourth-order valence-electron chi connectivity index (χ4n) is 4.50. The summed E-state index contributed by atoms with van der Waals surface area (Å²) in [5, 5.41) is 3.03. The molecule has 0 bridgehead atoms. The van der Waals surface area contributed by atoms with Gasteiger partial charge in [0.1, 0.15) is 18.1 Å². The van der Waals surface area contributed by atoms with Gasteiger partial charge in [-0.2, -0.15) is 0 Å². The van der Waals surface area contributed by atoms with E-state index in [0.717, 1.165) is 26.1 Å². The van der Waals surface area contributed by atoms with Crippen LogP contribution in [0, 0.1) is 5.82 Å². The summed E-state index contributed by atoms with van der Waals surface area (Å²) < 4.78 is 26.3. The van der Waals surface area contributed by atoms with Crippen LogP contribution in [0.4, 0.5) is 4.39 Å². The van der Waals surface area contributed by atoms with Crippen LogP contribution in [0.25, 0.3) is 22.4 Å². The normalized spacial score (nSPS) is 14.2. The predicted molar refractivity (Wildman–Crippen MR) is 139 cm³/mol. The minimum Gasteiger partial charge on any atom is -0.494 e. The molecule has 0 spiro atoms. The maximum Gasteiger partial charge on any atom is 0.263 e. The van der Waals surface area contributed by atoms with Crippen LogP contribution in [0.1, 0.15) is 39.5 Å². The summed E-state index contributed by atoms with van der Waals surface area (Å²) in [7, 11) is 1.36. The number of nitrogens with zero attached hydrogens (tertiary/aromatic N) is 4. The quantitative estimate of drug-likeness (QED) is 0.417. The summed E-state index contributed by atoms with van der Waals surface area (Å²) in [5.74, 6) is -0.214. The van der Waals surface area contributed by atoms with Crippen molar-refractivity contribution >= 4 is 16.9 Å². The number of benzene rings is 1. The zero-order valence-electron chi connectivity index (χ0n) is 21.6. The minimum atomic E-state index is -0.543. The van der Waals surface area contributed by atoms with Crippen LogP contribution >= 0.6 is 0 Å². The van der Waals surface area contributed by atoms with E-state index in [1.165, 1.54) is 49.1 Å². The molecular formula is C27H34FN5O4. The molecule has 1 fully saturated rings. The van der Waals surface area contributed by atoms with Gasteiger partial charge < -0.3 is 19.7 Å². The molecule has 10 heteroatoms. The van der Waals surface area contributed by atoms with E-state index in [-0.39, 0.29) is 41.1 Å². The number of piperidine rings is 1. The molecule has 1 saturated heterocycles. The Balaban J connectivity index is 1.63. The first-order valence-corrected chi connectivity index (χ1v) is 12.7. The molecule has 4 rings (SSSR count). The number of nitrogens with one attached hydrogen (secondary N) is 1. The molecule has 0 atom stereocenters. The van der Waals surface area contributed by atoms with Gasteiger partial charge in [0, 0.05) is 18.2 Å². The van der Waals surface area contributed by atoms with Gasteiger partial charge in [0.05, 0.1) is 25.3 Å². The lowest BCUT2D eigenvalue weighted by molar-refractivity contribution is -0.122. The molecule has 0 unspecified atom stereocenters. The van der Waals surface area contributed by atoms with E-state index in [1.54, 1.807) is 12.3 Å². The third-order valence-corrected chi connectivity index (χ3v) is 6.28. The molecule has 0 radical (unpaired) electrons. The molecule has 9 nitrogen and oxygen atoms in total. The van der Waals surface area contributed by atoms with Crippen LogP contribution in [0.5, 0.6) is 11.5 Å². The summed E-state index contributed by atoms with van der Waals surface area (Å²) in [5.41, 5.74) is 0.201. The van der Waals surface area contributed by atoms with Gasteiger partial charge in [-0.3, -0.25) is 14.2 Å². The topological polar surface area (TPSA) is 98.6 Å². The molecule has 1 amide bonds. The van der Waals surface area contributed by atoms with Gasteiger partial charge in [-0.05, 0) is 70.5 Å². The van der Waals surface area contributed by atoms with Crippen LogP contribution < -0.4 is 20.3 Å². The van der Waals surface area contributed by atoms with E-state index >= 15 is 0 Å². The van der Waals surface area contributed by atoms with Crippen LogP contribution in [0.15, 0.2) is 35.3 Å². The summed E-state index contributed by atoms with van der Waals surface area (Å²) >= 11 is 0. The summed E-state index contributed by atoms with van der Waals surface area (Å²) in [4.78, 5) is 37.6. The number of fused-ring (bicyclic) bond motifs is 1. The molecule has 1 aliphatic heterocycles. The van der Waals surface area contributed by atoms with E-state index < -0.39 is 11.4 Å². The van der Waals surface area contributed by atoms with E-state index in [2.05, 4.69) is 20.2 Å². The zero-order chi connectivity index (χ0) is 26.4. The highest BCUT2D eigenvalue weighted by molar-refractivity contribution is 5.80. The lowest BCUT2D eigenvalue weighted by atomic mass is 10.1. The lowest BCUT2D eigenvalue weighted by Crippen LogP contribution is -2.37. The average Bonchev–Trinajstić information content (AvgIpc) is 2.89. The van der Waals surface area contributed by atoms with Crippen molar-refractivity contribution in [3.05, 3.63) is 46.6 Å². The highest BCUT2D eigenvalue weighted by Crippen LogP contribution is 2.26. The molecule has 0 saturated carbocycles. The molecule has 3 heterocycles. The van der Waals surface area contributed by atoms with E-state index in [4.69, 9.17) is 9.47 Å². The fraction of sp³-hybridized carbons (Fsp3) is 0.481. The van der Waals surface area contributed by atoms with Gasteiger partial charge in [-0.1, -0.05) is 6.42 Å². The molecule has 1 aliphatic rings. The number of hydrogen-bond donors (Lipinski definition) is 1. The molecule has 3 aromatic rings. The maximum atomic E-state index is 14.0. The Morgan fingerprint density at radius 3 is 2.70 bits per heavy atom. The smallest absolute Gasteiger partial charge is 0.263 e. The van der Waals surface area contributed by atoms with Gasteiger partial charge >= 0.3 is 0 Å². The molecule has 1 aromatic carbocycles. The SMILES string of the molecule is COc1cc(-c2nc3ncc(OCCCN4CCCCC4)cc3c(=O)n2CC(=O)NC(C)C)ccc1F. The number of carbonyl (C=O) groups is 1. The fourth-order valence-corrected chi connectivity index (χ4v) is 4.50. The van der Waals surface area contributed by atoms with E-state index in [1.807, 2.05) is 13.8 Å². The lowest BCUT2D eigenvalue weighted by Gasteiger charge is -2.26. The van der Waals surface area contributed by atoms with Crippen LogP contribution in [-0.2, 0) is 11.3 Å². The Morgan fingerprint density at radius 1 is 1.19 bits per heavy atom. The maximum absolute atomic E-state index is 14.0. The number of carbonyl (C=O) groups excluding carboxylic acids is 1. The van der Waals surface area contributed by atoms with Crippen LogP contribution in [0.3, 0.4) is 0 Å². The van der Waals surface area contributed by atoms with Crippen LogP contribution in [-0.4, -0.2) is 64.7 Å². The molecule has 2 aromatic heterocycles. The van der Waals surface area contributed by atoms with Gasteiger partial charge in [0.15, 0.2) is 17.2 Å². The number of halogens is 1. The third kappa shape index (κ3) is 6.62. The second kappa shape index (κ2) is 12.1. The highest BCUT2D eigenvalue weighted by Gasteiger charge is 2.19. The molecular weight excluding hydrogens is 477 g/mol.